The van der Waals surface area contributed by atoms with Crippen molar-refractivity contribution < 1.29 is 9.47 Å². The Morgan fingerprint density at radius 1 is 1.25 bits per heavy atom. The van der Waals surface area contributed by atoms with E-state index in [2.05, 4.69) is 32.2 Å². The van der Waals surface area contributed by atoms with E-state index in [-0.39, 0.29) is 0 Å². The summed E-state index contributed by atoms with van der Waals surface area (Å²) in [4.78, 5) is 0. The summed E-state index contributed by atoms with van der Waals surface area (Å²) in [6.07, 6.45) is 3.35. The van der Waals surface area contributed by atoms with Crippen molar-refractivity contribution >= 4 is 6.08 Å². The Labute approximate surface area is 123 Å². The highest BCUT2D eigenvalue weighted by atomic mass is 16.5. The molecule has 0 atom stereocenters. The van der Waals surface area contributed by atoms with E-state index in [0.29, 0.717) is 5.92 Å². The van der Waals surface area contributed by atoms with Gasteiger partial charge in [0.1, 0.15) is 11.5 Å². The maximum Gasteiger partial charge on any atom is 0.126 e. The Balaban J connectivity index is 3.01. The van der Waals surface area contributed by atoms with Crippen LogP contribution in [0.15, 0.2) is 23.8 Å². The van der Waals surface area contributed by atoms with E-state index in [4.69, 9.17) is 9.47 Å². The molecule has 0 aliphatic rings. The van der Waals surface area contributed by atoms with Gasteiger partial charge in [-0.3, -0.25) is 0 Å². The minimum atomic E-state index is 0.496. The smallest absolute Gasteiger partial charge is 0.126 e. The lowest BCUT2D eigenvalue weighted by molar-refractivity contribution is 0.402. The first kappa shape index (κ1) is 16.6. The number of hydrogen-bond acceptors (Lipinski definition) is 3. The van der Waals surface area contributed by atoms with Crippen molar-refractivity contribution in [1.29, 1.82) is 0 Å². The van der Waals surface area contributed by atoms with Gasteiger partial charge in [0.15, 0.2) is 0 Å². The van der Waals surface area contributed by atoms with E-state index in [0.717, 1.165) is 36.6 Å². The zero-order valence-corrected chi connectivity index (χ0v) is 13.3. The molecule has 1 aromatic rings. The molecular weight excluding hydrogens is 250 g/mol. The molecule has 3 heteroatoms. The first-order valence-electron chi connectivity index (χ1n) is 7.25. The Morgan fingerprint density at radius 3 is 2.55 bits per heavy atom. The minimum absolute atomic E-state index is 0.496. The number of ether oxygens (including phenoxy) is 2. The number of benzene rings is 1. The van der Waals surface area contributed by atoms with E-state index in [1.807, 2.05) is 18.2 Å². The summed E-state index contributed by atoms with van der Waals surface area (Å²) < 4.78 is 10.7. The molecule has 20 heavy (non-hydrogen) atoms. The second kappa shape index (κ2) is 8.64. The van der Waals surface area contributed by atoms with Crippen LogP contribution in [0.4, 0.5) is 0 Å². The Hall–Kier alpha value is -1.48. The Morgan fingerprint density at radius 2 is 2.00 bits per heavy atom. The molecule has 3 nitrogen and oxygen atoms in total. The van der Waals surface area contributed by atoms with Gasteiger partial charge in [-0.05, 0) is 37.1 Å². The summed E-state index contributed by atoms with van der Waals surface area (Å²) in [5, 5.41) is 3.46. The van der Waals surface area contributed by atoms with Crippen LogP contribution in [0.1, 0.15) is 32.8 Å². The third kappa shape index (κ3) is 4.89. The Kier molecular flexibility index (Phi) is 7.16. The molecule has 0 unspecified atom stereocenters. The van der Waals surface area contributed by atoms with Crippen molar-refractivity contribution in [3.8, 4) is 11.5 Å². The number of hydrogen-bond donors (Lipinski definition) is 1. The average molecular weight is 277 g/mol. The molecule has 112 valence electrons. The zero-order chi connectivity index (χ0) is 15.0. The fourth-order valence-corrected chi connectivity index (χ4v) is 1.98. The summed E-state index contributed by atoms with van der Waals surface area (Å²) in [6.45, 7) is 8.56. The van der Waals surface area contributed by atoms with Crippen LogP contribution < -0.4 is 14.8 Å². The summed E-state index contributed by atoms with van der Waals surface area (Å²) in [7, 11) is 3.38. The highest BCUT2D eigenvalue weighted by Crippen LogP contribution is 2.27. The van der Waals surface area contributed by atoms with Gasteiger partial charge in [0.25, 0.3) is 0 Å². The van der Waals surface area contributed by atoms with Gasteiger partial charge >= 0.3 is 0 Å². The van der Waals surface area contributed by atoms with Crippen LogP contribution in [-0.4, -0.2) is 27.3 Å². The van der Waals surface area contributed by atoms with Crippen LogP contribution in [0.3, 0.4) is 0 Å². The minimum Gasteiger partial charge on any atom is -0.497 e. The summed E-state index contributed by atoms with van der Waals surface area (Å²) in [5.74, 6) is 2.22. The van der Waals surface area contributed by atoms with Gasteiger partial charge < -0.3 is 14.8 Å². The highest BCUT2D eigenvalue weighted by Gasteiger charge is 2.07. The standard InChI is InChI=1S/C17H27NO2/c1-6-9-18-12-15(13(2)3)10-14-11-16(19-4)7-8-17(14)20-5/h7-8,10-11,13,18H,6,9,12H2,1-5H3. The SMILES string of the molecule is CCCNCC(=Cc1cc(OC)ccc1OC)C(C)C. The normalized spacial score (nSPS) is 11.8. The van der Waals surface area contributed by atoms with Crippen molar-refractivity contribution in [3.63, 3.8) is 0 Å². The molecule has 0 saturated carbocycles. The van der Waals surface area contributed by atoms with Crippen molar-refractivity contribution in [2.75, 3.05) is 27.3 Å². The van der Waals surface area contributed by atoms with Gasteiger partial charge in [-0.2, -0.15) is 0 Å². The second-order valence-corrected chi connectivity index (χ2v) is 5.16. The van der Waals surface area contributed by atoms with Gasteiger partial charge in [-0.1, -0.05) is 32.4 Å². The Bertz CT molecular complexity index is 439. The van der Waals surface area contributed by atoms with Gasteiger partial charge in [0, 0.05) is 12.1 Å². The summed E-state index contributed by atoms with van der Waals surface area (Å²) >= 11 is 0. The molecule has 1 rings (SSSR count). The number of rotatable bonds is 8. The van der Waals surface area contributed by atoms with Crippen LogP contribution in [0.5, 0.6) is 11.5 Å². The number of methoxy groups -OCH3 is 2. The molecular formula is C17H27NO2. The van der Waals surface area contributed by atoms with E-state index >= 15 is 0 Å². The van der Waals surface area contributed by atoms with E-state index in [1.165, 1.54) is 5.57 Å². The van der Waals surface area contributed by atoms with Crippen LogP contribution in [-0.2, 0) is 0 Å². The van der Waals surface area contributed by atoms with Crippen LogP contribution in [0.2, 0.25) is 0 Å². The molecule has 0 spiro atoms. The lowest BCUT2D eigenvalue weighted by Gasteiger charge is -2.14. The molecule has 1 N–H and O–H groups in total. The molecule has 0 amide bonds. The number of nitrogens with one attached hydrogen (secondary N) is 1. The molecule has 0 saturated heterocycles. The van der Waals surface area contributed by atoms with Crippen molar-refractivity contribution in [1.82, 2.24) is 5.32 Å². The molecule has 0 radical (unpaired) electrons. The van der Waals surface area contributed by atoms with Crippen LogP contribution in [0.25, 0.3) is 6.08 Å². The van der Waals surface area contributed by atoms with Gasteiger partial charge in [0.2, 0.25) is 0 Å². The second-order valence-electron chi connectivity index (χ2n) is 5.16. The van der Waals surface area contributed by atoms with Gasteiger partial charge in [0.05, 0.1) is 14.2 Å². The topological polar surface area (TPSA) is 30.5 Å². The first-order valence-corrected chi connectivity index (χ1v) is 7.25. The molecule has 0 bridgehead atoms. The predicted octanol–water partition coefficient (Wildman–Crippen LogP) is 3.74. The third-order valence-electron chi connectivity index (χ3n) is 3.28. The van der Waals surface area contributed by atoms with Crippen molar-refractivity contribution in [2.24, 2.45) is 5.92 Å². The molecule has 0 aliphatic carbocycles. The van der Waals surface area contributed by atoms with Crippen LogP contribution >= 0.6 is 0 Å². The first-order chi connectivity index (χ1) is 9.62. The molecule has 1 aromatic carbocycles. The fourth-order valence-electron chi connectivity index (χ4n) is 1.98. The zero-order valence-electron chi connectivity index (χ0n) is 13.3. The average Bonchev–Trinajstić information content (AvgIpc) is 2.46. The van der Waals surface area contributed by atoms with Crippen LogP contribution in [0, 0.1) is 5.92 Å². The fraction of sp³-hybridized carbons (Fsp3) is 0.529. The van der Waals surface area contributed by atoms with Gasteiger partial charge in [-0.25, -0.2) is 0 Å². The van der Waals surface area contributed by atoms with Gasteiger partial charge in [-0.15, -0.1) is 0 Å². The van der Waals surface area contributed by atoms with Crippen molar-refractivity contribution in [3.05, 3.63) is 29.3 Å². The third-order valence-corrected chi connectivity index (χ3v) is 3.28. The summed E-state index contributed by atoms with van der Waals surface area (Å²) in [6, 6.07) is 5.88. The lowest BCUT2D eigenvalue weighted by Crippen LogP contribution is -2.20. The van der Waals surface area contributed by atoms with E-state index in [9.17, 15) is 0 Å². The lowest BCUT2D eigenvalue weighted by atomic mass is 9.99. The van der Waals surface area contributed by atoms with Crippen molar-refractivity contribution in [2.45, 2.75) is 27.2 Å². The quantitative estimate of drug-likeness (QED) is 0.734. The molecule has 0 aliphatic heterocycles. The van der Waals surface area contributed by atoms with E-state index < -0.39 is 0 Å². The largest absolute Gasteiger partial charge is 0.497 e. The monoisotopic (exact) mass is 277 g/mol. The maximum atomic E-state index is 5.43. The highest BCUT2D eigenvalue weighted by molar-refractivity contribution is 5.62. The molecule has 0 fully saturated rings. The predicted molar refractivity (Wildman–Crippen MR) is 85.5 cm³/mol. The molecule has 0 aromatic heterocycles. The van der Waals surface area contributed by atoms with E-state index in [1.54, 1.807) is 14.2 Å². The maximum absolute atomic E-state index is 5.43. The molecule has 0 heterocycles. The summed E-state index contributed by atoms with van der Waals surface area (Å²) in [5.41, 5.74) is 2.43.